The summed E-state index contributed by atoms with van der Waals surface area (Å²) in [4.78, 5) is 12.2. The Labute approximate surface area is 285 Å². The number of hydrogen-bond donors (Lipinski definition) is 4. The zero-order chi connectivity index (χ0) is 30.6. The molecular formula is C31H47N10O2Y-. The van der Waals surface area contributed by atoms with Gasteiger partial charge in [-0.05, 0) is 54.9 Å². The van der Waals surface area contributed by atoms with E-state index in [0.29, 0.717) is 23.6 Å². The van der Waals surface area contributed by atoms with Crippen LogP contribution >= 0.6 is 0 Å². The number of rotatable bonds is 5. The molecule has 13 heteroatoms. The third kappa shape index (κ3) is 11.1. The first-order chi connectivity index (χ1) is 20.8. The molecule has 4 aliphatic rings. The van der Waals surface area contributed by atoms with Gasteiger partial charge in [-0.1, -0.05) is 62.2 Å². The van der Waals surface area contributed by atoms with E-state index in [9.17, 15) is 5.21 Å². The summed E-state index contributed by atoms with van der Waals surface area (Å²) in [7, 11) is 1.69. The first kappa shape index (κ1) is 36.0. The molecule has 44 heavy (non-hydrogen) atoms. The molecule has 2 saturated carbocycles. The van der Waals surface area contributed by atoms with Crippen molar-refractivity contribution in [2.75, 3.05) is 7.05 Å². The van der Waals surface area contributed by atoms with Crippen LogP contribution in [0.1, 0.15) is 81.2 Å². The Bertz CT molecular complexity index is 1280. The maximum absolute atomic E-state index is 9.51. The van der Waals surface area contributed by atoms with Crippen molar-refractivity contribution in [3.63, 3.8) is 0 Å². The van der Waals surface area contributed by atoms with Crippen LogP contribution in [0, 0.1) is 12.8 Å². The number of aryl methyl sites for hydroxylation is 1. The van der Waals surface area contributed by atoms with Crippen molar-refractivity contribution < 1.29 is 42.4 Å². The van der Waals surface area contributed by atoms with Gasteiger partial charge in [0.2, 0.25) is 11.7 Å². The normalized spacial score (nSPS) is 22.2. The molecule has 2 fully saturated rings. The van der Waals surface area contributed by atoms with Crippen LogP contribution in [0.5, 0.6) is 0 Å². The molecule has 0 spiro atoms. The number of fused-ring (bicyclic) bond motifs is 1. The van der Waals surface area contributed by atoms with Crippen LogP contribution < -0.4 is 16.9 Å². The maximum atomic E-state index is 9.51. The molecular weight excluding hydrogens is 633 g/mol. The van der Waals surface area contributed by atoms with E-state index in [1.165, 1.54) is 73.7 Å². The predicted molar refractivity (Wildman–Crippen MR) is 171 cm³/mol. The van der Waals surface area contributed by atoms with Gasteiger partial charge in [0.1, 0.15) is 5.84 Å². The van der Waals surface area contributed by atoms with Crippen molar-refractivity contribution in [2.24, 2.45) is 32.5 Å². The molecule has 7 N–H and O–H groups in total. The number of aliphatic imine (C=N–C) groups is 2. The van der Waals surface area contributed by atoms with E-state index in [-0.39, 0.29) is 44.8 Å². The molecule has 1 aromatic carbocycles. The van der Waals surface area contributed by atoms with Crippen LogP contribution in [0.4, 0.5) is 0 Å². The smallest absolute Gasteiger partial charge is 0.223 e. The minimum absolute atomic E-state index is 0. The number of amidine groups is 2. The van der Waals surface area contributed by atoms with E-state index in [0.717, 1.165) is 49.4 Å². The van der Waals surface area contributed by atoms with E-state index in [4.69, 9.17) is 21.7 Å². The van der Waals surface area contributed by atoms with Crippen molar-refractivity contribution in [3.8, 4) is 11.4 Å². The number of nitrogens with two attached hydrogens (primary N) is 2. The number of nitrogens with zero attached hydrogens (tertiary/aromatic N) is 6. The topological polar surface area (TPSA) is 187 Å². The predicted octanol–water partition coefficient (Wildman–Crippen LogP) is 4.91. The number of hydrogen-bond acceptors (Lipinski definition) is 9. The van der Waals surface area contributed by atoms with Gasteiger partial charge in [-0.2, -0.15) is 15.1 Å². The SMILES string of the molecule is Cc1nc(-c2ccc3c(c2)CC(N(C)O)C3)no1.NC=N/C=C\C(N)=NC1=NNC(C2CCCC2)C1.[NH-]C1CCCCC1.[Y]. The average Bonchev–Trinajstić information content (AvgIpc) is 3.81. The first-order valence-corrected chi connectivity index (χ1v) is 15.4. The Hall–Kier alpha value is -2.51. The fourth-order valence-corrected chi connectivity index (χ4v) is 6.02. The summed E-state index contributed by atoms with van der Waals surface area (Å²) in [6.07, 6.45) is 18.5. The Morgan fingerprint density at radius 2 is 1.80 bits per heavy atom. The molecule has 237 valence electrons. The molecule has 12 nitrogen and oxygen atoms in total. The summed E-state index contributed by atoms with van der Waals surface area (Å²) in [5, 5.41) is 18.9. The second-order valence-corrected chi connectivity index (χ2v) is 11.8. The van der Waals surface area contributed by atoms with E-state index < -0.39 is 0 Å². The summed E-state index contributed by atoms with van der Waals surface area (Å²) in [5.41, 5.74) is 24.8. The van der Waals surface area contributed by atoms with Gasteiger partial charge < -0.3 is 32.4 Å². The molecule has 0 amide bonds. The zero-order valence-corrected chi connectivity index (χ0v) is 28.9. The number of hydrazone groups is 1. The van der Waals surface area contributed by atoms with Crippen LogP contribution in [0.3, 0.4) is 0 Å². The molecule has 2 atom stereocenters. The van der Waals surface area contributed by atoms with Crippen LogP contribution in [0.2, 0.25) is 0 Å². The van der Waals surface area contributed by atoms with E-state index in [2.05, 4.69) is 42.8 Å². The van der Waals surface area contributed by atoms with Crippen LogP contribution in [-0.2, 0) is 45.6 Å². The summed E-state index contributed by atoms with van der Waals surface area (Å²) in [6.45, 7) is 1.78. The molecule has 2 unspecified atom stereocenters. The summed E-state index contributed by atoms with van der Waals surface area (Å²) in [5.74, 6) is 3.09. The standard InChI is InChI=1S/C13H15N3O2.C12H20N6.C6H12N.Y/c1-8-14-13(15-18-8)10-4-3-9-6-12(16(2)17)7-11(9)5-10;13-8-15-6-5-11(14)16-12-7-10(17-18-12)9-3-1-2-4-9;7-6-4-2-1-3-5-6;/h3-5,12,17H,6-7H2,1-2H3;5-6,8-10,17H,1-4,7H2,(H2,13,15)(H2,14,16,18);6-7H,1-5H2;/q;;-1;/b;6-5-;;. The van der Waals surface area contributed by atoms with Gasteiger partial charge in [-0.3, -0.25) is 0 Å². The fourth-order valence-electron chi connectivity index (χ4n) is 6.02. The van der Waals surface area contributed by atoms with E-state index >= 15 is 0 Å². The van der Waals surface area contributed by atoms with Crippen molar-refractivity contribution >= 4 is 18.0 Å². The molecule has 2 heterocycles. The molecule has 0 saturated heterocycles. The second kappa shape index (κ2) is 18.5. The fraction of sp³-hybridized carbons (Fsp3) is 0.581. The Balaban J connectivity index is 0.000000194. The number of nitrogens with one attached hydrogen (secondary N) is 2. The largest absolute Gasteiger partial charge is 0.675 e. The van der Waals surface area contributed by atoms with Crippen molar-refractivity contribution in [3.05, 3.63) is 53.2 Å². The summed E-state index contributed by atoms with van der Waals surface area (Å²) < 4.78 is 4.99. The Morgan fingerprint density at radius 1 is 1.09 bits per heavy atom. The molecule has 1 aromatic heterocycles. The minimum Gasteiger partial charge on any atom is -0.675 e. The number of aromatic nitrogens is 2. The summed E-state index contributed by atoms with van der Waals surface area (Å²) in [6, 6.07) is 7.06. The van der Waals surface area contributed by atoms with Crippen LogP contribution in [0.25, 0.3) is 17.1 Å². The molecule has 1 aliphatic heterocycles. The van der Waals surface area contributed by atoms with Crippen LogP contribution in [-0.4, -0.2) is 63.6 Å². The summed E-state index contributed by atoms with van der Waals surface area (Å²) >= 11 is 0. The monoisotopic (exact) mass is 680 g/mol. The Kier molecular flexibility index (Phi) is 15.1. The van der Waals surface area contributed by atoms with Crippen molar-refractivity contribution in [1.29, 1.82) is 0 Å². The van der Waals surface area contributed by atoms with Gasteiger partial charge in [0.25, 0.3) is 0 Å². The van der Waals surface area contributed by atoms with Crippen molar-refractivity contribution in [1.82, 2.24) is 20.6 Å². The van der Waals surface area contributed by atoms with Gasteiger partial charge in [0.05, 0.1) is 12.4 Å². The third-order valence-corrected chi connectivity index (χ3v) is 8.44. The van der Waals surface area contributed by atoms with Gasteiger partial charge in [0, 0.05) is 70.9 Å². The number of benzene rings is 1. The minimum atomic E-state index is 0. The molecule has 2 aromatic rings. The number of hydroxylamine groups is 2. The third-order valence-electron chi connectivity index (χ3n) is 8.44. The van der Waals surface area contributed by atoms with E-state index in [1.54, 1.807) is 20.0 Å². The van der Waals surface area contributed by atoms with Gasteiger partial charge in [0.15, 0.2) is 5.84 Å². The molecule has 1 radical (unpaired) electrons. The molecule has 3 aliphatic carbocycles. The van der Waals surface area contributed by atoms with Gasteiger partial charge in [-0.25, -0.2) is 9.98 Å². The van der Waals surface area contributed by atoms with Gasteiger partial charge in [-0.15, -0.1) is 6.04 Å². The first-order valence-electron chi connectivity index (χ1n) is 15.4. The van der Waals surface area contributed by atoms with Crippen LogP contribution in [0.15, 0.2) is 50.1 Å². The Morgan fingerprint density at radius 3 is 2.41 bits per heavy atom. The van der Waals surface area contributed by atoms with Gasteiger partial charge >= 0.3 is 0 Å². The quantitative estimate of drug-likeness (QED) is 0.195. The number of likely N-dealkylation sites (N-methyl/N-ethyl adjacent to an activating group) is 1. The van der Waals surface area contributed by atoms with Crippen molar-refractivity contribution in [2.45, 2.75) is 102 Å². The second-order valence-electron chi connectivity index (χ2n) is 11.8. The molecule has 6 rings (SSSR count). The average molecular weight is 681 g/mol. The molecule has 0 bridgehead atoms. The zero-order valence-electron chi connectivity index (χ0n) is 26.0. The van der Waals surface area contributed by atoms with E-state index in [1.807, 2.05) is 6.07 Å². The maximum Gasteiger partial charge on any atom is 0.223 e.